The zero-order valence-corrected chi connectivity index (χ0v) is 21.3. The fraction of sp³-hybridized carbons (Fsp3) is 0.148. The van der Waals surface area contributed by atoms with E-state index in [9.17, 15) is 10.1 Å². The minimum Gasteiger partial charge on any atom is -0.378 e. The summed E-state index contributed by atoms with van der Waals surface area (Å²) in [4.78, 5) is 19.3. The van der Waals surface area contributed by atoms with E-state index in [1.807, 2.05) is 92.6 Å². The average molecular weight is 499 g/mol. The fourth-order valence-corrected chi connectivity index (χ4v) is 4.16. The van der Waals surface area contributed by atoms with Crippen LogP contribution < -0.4 is 9.80 Å². The predicted molar refractivity (Wildman–Crippen MR) is 149 cm³/mol. The monoisotopic (exact) mass is 498 g/mol. The molecule has 0 atom stereocenters. The number of nitro benzene ring substituents is 1. The number of nitro groups is 1. The molecule has 1 heterocycles. The van der Waals surface area contributed by atoms with Crippen LogP contribution in [-0.2, 0) is 0 Å². The first kappa shape index (κ1) is 24.7. The maximum absolute atomic E-state index is 11.1. The van der Waals surface area contributed by atoms with Crippen molar-refractivity contribution in [2.75, 3.05) is 38.0 Å². The lowest BCUT2D eigenvalue weighted by molar-refractivity contribution is -0.384. The fourth-order valence-electron chi connectivity index (χ4n) is 3.43. The molecule has 0 spiro atoms. The Morgan fingerprint density at radius 1 is 0.833 bits per heavy atom. The van der Waals surface area contributed by atoms with Crippen molar-refractivity contribution in [2.24, 2.45) is 4.99 Å². The van der Waals surface area contributed by atoms with E-state index in [4.69, 9.17) is 0 Å². The molecule has 36 heavy (non-hydrogen) atoms. The van der Waals surface area contributed by atoms with Crippen LogP contribution in [-0.4, -0.2) is 49.5 Å². The van der Waals surface area contributed by atoms with Gasteiger partial charge in [0.2, 0.25) is 5.13 Å². The maximum atomic E-state index is 11.1. The van der Waals surface area contributed by atoms with Crippen LogP contribution in [0.3, 0.4) is 0 Å². The van der Waals surface area contributed by atoms with Gasteiger partial charge in [-0.05, 0) is 59.2 Å². The molecule has 4 rings (SSSR count). The second kappa shape index (κ2) is 10.9. The summed E-state index contributed by atoms with van der Waals surface area (Å²) >= 11 is 1.36. The average Bonchev–Trinajstić information content (AvgIpc) is 3.35. The highest BCUT2D eigenvalue weighted by molar-refractivity contribution is 7.16. The normalized spacial score (nSPS) is 11.6. The Hall–Kier alpha value is -4.37. The Labute approximate surface area is 214 Å². The Kier molecular flexibility index (Phi) is 7.50. The van der Waals surface area contributed by atoms with Gasteiger partial charge in [-0.1, -0.05) is 35.6 Å². The van der Waals surface area contributed by atoms with Gasteiger partial charge in [0.15, 0.2) is 0 Å². The number of non-ortho nitro benzene ring substituents is 1. The van der Waals surface area contributed by atoms with Crippen molar-refractivity contribution < 1.29 is 4.92 Å². The van der Waals surface area contributed by atoms with E-state index in [-0.39, 0.29) is 5.69 Å². The largest absolute Gasteiger partial charge is 0.378 e. The van der Waals surface area contributed by atoms with Gasteiger partial charge in [-0.2, -0.15) is 0 Å². The van der Waals surface area contributed by atoms with Crippen LogP contribution in [0, 0.1) is 10.1 Å². The Bertz CT molecular complexity index is 1390. The van der Waals surface area contributed by atoms with E-state index in [2.05, 4.69) is 15.2 Å². The van der Waals surface area contributed by atoms with Gasteiger partial charge in [-0.15, -0.1) is 10.2 Å². The third-order valence-corrected chi connectivity index (χ3v) is 6.35. The summed E-state index contributed by atoms with van der Waals surface area (Å²) in [7, 11) is 7.98. The standard InChI is InChI=1S/C27H26N6O2S/c1-31(2)22-11-5-19(6-12-22)17-25(21-9-15-24(16-10-21)33(34)35)26-29-30-27(36-26)28-18-20-7-13-23(14-8-20)32(3)4/h5-18H,1-4H3/b25-17+,28-18?. The highest BCUT2D eigenvalue weighted by Gasteiger charge is 2.14. The summed E-state index contributed by atoms with van der Waals surface area (Å²) in [5.41, 5.74) is 5.81. The van der Waals surface area contributed by atoms with Gasteiger partial charge in [-0.25, -0.2) is 4.99 Å². The van der Waals surface area contributed by atoms with E-state index in [1.54, 1.807) is 18.3 Å². The molecule has 4 aromatic rings. The topological polar surface area (TPSA) is 87.8 Å². The summed E-state index contributed by atoms with van der Waals surface area (Å²) in [5, 5.41) is 21.0. The molecule has 0 N–H and O–H groups in total. The smallest absolute Gasteiger partial charge is 0.269 e. The van der Waals surface area contributed by atoms with Crippen LogP contribution >= 0.6 is 11.3 Å². The molecule has 0 aliphatic rings. The molecule has 0 unspecified atom stereocenters. The number of aliphatic imine (C=N–C) groups is 1. The number of hydrogen-bond donors (Lipinski definition) is 0. The molecular formula is C27H26N6O2S. The molecule has 0 saturated carbocycles. The minimum atomic E-state index is -0.407. The van der Waals surface area contributed by atoms with Gasteiger partial charge in [0.25, 0.3) is 5.69 Å². The van der Waals surface area contributed by atoms with Crippen molar-refractivity contribution in [3.05, 3.63) is 105 Å². The van der Waals surface area contributed by atoms with E-state index >= 15 is 0 Å². The van der Waals surface area contributed by atoms with Gasteiger partial charge >= 0.3 is 0 Å². The number of rotatable bonds is 8. The second-order valence-corrected chi connectivity index (χ2v) is 9.44. The minimum absolute atomic E-state index is 0.0382. The molecule has 3 aromatic carbocycles. The van der Waals surface area contributed by atoms with Crippen LogP contribution in [0.25, 0.3) is 11.6 Å². The zero-order valence-electron chi connectivity index (χ0n) is 20.5. The lowest BCUT2D eigenvalue weighted by atomic mass is 10.0. The van der Waals surface area contributed by atoms with Crippen LogP contribution in [0.15, 0.2) is 77.8 Å². The van der Waals surface area contributed by atoms with Gasteiger partial charge < -0.3 is 9.80 Å². The van der Waals surface area contributed by atoms with Crippen molar-refractivity contribution in [3.8, 4) is 0 Å². The molecule has 182 valence electrons. The van der Waals surface area contributed by atoms with Crippen molar-refractivity contribution in [3.63, 3.8) is 0 Å². The summed E-state index contributed by atoms with van der Waals surface area (Å²) in [6, 6.07) is 22.6. The number of hydrogen-bond acceptors (Lipinski definition) is 8. The number of benzene rings is 3. The first-order valence-corrected chi connectivity index (χ1v) is 12.0. The molecule has 0 bridgehead atoms. The quantitative estimate of drug-likeness (QED) is 0.130. The SMILES string of the molecule is CN(C)c1ccc(C=Nc2nnc(/C(=C/c3ccc(N(C)C)cc3)c3ccc([N+](=O)[O-])cc3)s2)cc1. The van der Waals surface area contributed by atoms with Crippen molar-refractivity contribution >= 4 is 51.4 Å². The van der Waals surface area contributed by atoms with Gasteiger partial charge in [0, 0.05) is 63.5 Å². The maximum Gasteiger partial charge on any atom is 0.269 e. The molecule has 0 saturated heterocycles. The lowest BCUT2D eigenvalue weighted by Crippen LogP contribution is -2.08. The zero-order chi connectivity index (χ0) is 25.7. The molecule has 9 heteroatoms. The summed E-state index contributed by atoms with van der Waals surface area (Å²) in [5.74, 6) is 0. The Morgan fingerprint density at radius 3 is 1.92 bits per heavy atom. The van der Waals surface area contributed by atoms with E-state index < -0.39 is 4.92 Å². The molecule has 0 aliphatic carbocycles. The molecule has 8 nitrogen and oxygen atoms in total. The van der Waals surface area contributed by atoms with Crippen molar-refractivity contribution in [1.82, 2.24) is 10.2 Å². The summed E-state index contributed by atoms with van der Waals surface area (Å²) < 4.78 is 0. The van der Waals surface area contributed by atoms with Crippen molar-refractivity contribution in [2.45, 2.75) is 0 Å². The van der Waals surface area contributed by atoms with Crippen LogP contribution in [0.2, 0.25) is 0 Å². The highest BCUT2D eigenvalue weighted by Crippen LogP contribution is 2.32. The summed E-state index contributed by atoms with van der Waals surface area (Å²) in [6.45, 7) is 0. The predicted octanol–water partition coefficient (Wildman–Crippen LogP) is 5.92. The molecule has 0 amide bonds. The Balaban J connectivity index is 1.66. The van der Waals surface area contributed by atoms with E-state index in [0.29, 0.717) is 10.1 Å². The molecule has 0 fully saturated rings. The first-order chi connectivity index (χ1) is 17.3. The number of aromatic nitrogens is 2. The first-order valence-electron chi connectivity index (χ1n) is 11.2. The van der Waals surface area contributed by atoms with Crippen molar-refractivity contribution in [1.29, 1.82) is 0 Å². The molecule has 1 aromatic heterocycles. The van der Waals surface area contributed by atoms with Crippen LogP contribution in [0.5, 0.6) is 0 Å². The molecule has 0 radical (unpaired) electrons. The molecular weight excluding hydrogens is 472 g/mol. The van der Waals surface area contributed by atoms with Crippen LogP contribution in [0.4, 0.5) is 22.2 Å². The third-order valence-electron chi connectivity index (χ3n) is 5.49. The molecule has 0 aliphatic heterocycles. The lowest BCUT2D eigenvalue weighted by Gasteiger charge is -2.12. The number of nitrogens with zero attached hydrogens (tertiary/aromatic N) is 6. The van der Waals surface area contributed by atoms with Gasteiger partial charge in [-0.3, -0.25) is 10.1 Å². The van der Waals surface area contributed by atoms with Crippen LogP contribution in [0.1, 0.15) is 21.7 Å². The third kappa shape index (κ3) is 6.00. The summed E-state index contributed by atoms with van der Waals surface area (Å²) in [6.07, 6.45) is 3.77. The van der Waals surface area contributed by atoms with Gasteiger partial charge in [0.1, 0.15) is 5.01 Å². The van der Waals surface area contributed by atoms with Gasteiger partial charge in [0.05, 0.1) is 4.92 Å². The number of anilines is 2. The second-order valence-electron chi connectivity index (χ2n) is 8.48. The Morgan fingerprint density at radius 2 is 1.39 bits per heavy atom. The van der Waals surface area contributed by atoms with E-state index in [1.165, 1.54) is 23.5 Å². The van der Waals surface area contributed by atoms with E-state index in [0.717, 1.165) is 33.6 Å². The highest BCUT2D eigenvalue weighted by atomic mass is 32.1.